The highest BCUT2D eigenvalue weighted by Gasteiger charge is 2.34. The monoisotopic (exact) mass is 414 g/mol. The van der Waals surface area contributed by atoms with E-state index in [4.69, 9.17) is 0 Å². The molecule has 1 amide bonds. The molecule has 11 heteroatoms. The molecule has 0 aliphatic heterocycles. The summed E-state index contributed by atoms with van der Waals surface area (Å²) in [4.78, 5) is 35.1. The van der Waals surface area contributed by atoms with E-state index in [2.05, 4.69) is 30.5 Å². The number of amides is 1. The summed E-state index contributed by atoms with van der Waals surface area (Å²) < 4.78 is 41.1. The number of pyridine rings is 1. The molecule has 4 rings (SSSR count). The molecule has 0 fully saturated rings. The van der Waals surface area contributed by atoms with E-state index in [0.717, 1.165) is 12.1 Å². The van der Waals surface area contributed by atoms with Gasteiger partial charge in [-0.05, 0) is 23.8 Å². The third-order valence-electron chi connectivity index (χ3n) is 4.39. The van der Waals surface area contributed by atoms with Crippen LogP contribution in [-0.4, -0.2) is 31.1 Å². The lowest BCUT2D eigenvalue weighted by atomic mass is 10.0. The molecule has 152 valence electrons. The molecule has 0 saturated carbocycles. The highest BCUT2D eigenvalue weighted by molar-refractivity contribution is 5.96. The molecule has 3 N–H and O–H groups in total. The van der Waals surface area contributed by atoms with Gasteiger partial charge in [0, 0.05) is 29.4 Å². The first-order valence-corrected chi connectivity index (χ1v) is 8.63. The van der Waals surface area contributed by atoms with E-state index >= 15 is 0 Å². The van der Waals surface area contributed by atoms with E-state index in [-0.39, 0.29) is 23.2 Å². The van der Waals surface area contributed by atoms with E-state index < -0.39 is 28.6 Å². The van der Waals surface area contributed by atoms with Gasteiger partial charge >= 0.3 is 6.18 Å². The Morgan fingerprint density at radius 2 is 2.00 bits per heavy atom. The first kappa shape index (κ1) is 19.3. The maximum absolute atomic E-state index is 13.7. The number of hydrogen-bond acceptors (Lipinski definition) is 5. The maximum Gasteiger partial charge on any atom is 0.418 e. The zero-order valence-corrected chi connectivity index (χ0v) is 15.1. The molecule has 0 bridgehead atoms. The summed E-state index contributed by atoms with van der Waals surface area (Å²) in [6, 6.07) is 4.78. The molecule has 0 atom stereocenters. The number of carbonyl (C=O) groups excluding carboxylic acids is 1. The number of aromatic nitrogens is 5. The van der Waals surface area contributed by atoms with Crippen LogP contribution in [-0.2, 0) is 12.7 Å². The third kappa shape index (κ3) is 3.77. The summed E-state index contributed by atoms with van der Waals surface area (Å²) in [7, 11) is 0. The number of alkyl halides is 3. The predicted octanol–water partition coefficient (Wildman–Crippen LogP) is 2.66. The van der Waals surface area contributed by atoms with Gasteiger partial charge in [0.2, 0.25) is 0 Å². The van der Waals surface area contributed by atoms with Gasteiger partial charge in [0.25, 0.3) is 5.91 Å². The third-order valence-corrected chi connectivity index (χ3v) is 4.39. The van der Waals surface area contributed by atoms with Crippen LogP contribution >= 0.6 is 0 Å². The van der Waals surface area contributed by atoms with Gasteiger partial charge in [-0.1, -0.05) is 0 Å². The molecular weight excluding hydrogens is 401 g/mol. The van der Waals surface area contributed by atoms with Gasteiger partial charge in [0.15, 0.2) is 5.43 Å². The van der Waals surface area contributed by atoms with Crippen LogP contribution in [0.25, 0.3) is 22.0 Å². The average Bonchev–Trinajstić information content (AvgIpc) is 3.26. The van der Waals surface area contributed by atoms with Crippen LogP contribution in [0, 0.1) is 0 Å². The molecule has 0 radical (unpaired) electrons. The molecular formula is C19H13F3N6O2. The molecule has 0 saturated heterocycles. The van der Waals surface area contributed by atoms with Crippen LogP contribution in [0.4, 0.5) is 13.2 Å². The summed E-state index contributed by atoms with van der Waals surface area (Å²) in [5, 5.41) is 8.56. The first-order chi connectivity index (χ1) is 14.3. The largest absolute Gasteiger partial charge is 0.418 e. The van der Waals surface area contributed by atoms with Crippen molar-refractivity contribution in [2.75, 3.05) is 0 Å². The Kier molecular flexibility index (Phi) is 4.78. The van der Waals surface area contributed by atoms with E-state index in [1.807, 2.05) is 0 Å². The number of rotatable bonds is 4. The number of H-pyrrole nitrogens is 2. The Morgan fingerprint density at radius 1 is 1.17 bits per heavy atom. The number of aromatic amines is 2. The van der Waals surface area contributed by atoms with Crippen molar-refractivity contribution in [3.05, 3.63) is 76.4 Å². The molecule has 3 aromatic heterocycles. The molecule has 8 nitrogen and oxygen atoms in total. The van der Waals surface area contributed by atoms with Crippen molar-refractivity contribution >= 4 is 16.8 Å². The Bertz CT molecular complexity index is 1270. The van der Waals surface area contributed by atoms with Crippen LogP contribution in [0.15, 0.2) is 54.0 Å². The summed E-state index contributed by atoms with van der Waals surface area (Å²) in [6.07, 6.45) is 0.804. The highest BCUT2D eigenvalue weighted by atomic mass is 19.4. The van der Waals surface area contributed by atoms with E-state index in [0.29, 0.717) is 11.3 Å². The Hall–Kier alpha value is -4.02. The molecule has 0 unspecified atom stereocenters. The lowest BCUT2D eigenvalue weighted by molar-refractivity contribution is -0.136. The van der Waals surface area contributed by atoms with Crippen molar-refractivity contribution in [1.29, 1.82) is 0 Å². The van der Waals surface area contributed by atoms with Crippen molar-refractivity contribution in [3.63, 3.8) is 0 Å². The minimum absolute atomic E-state index is 0.0208. The van der Waals surface area contributed by atoms with E-state index in [1.165, 1.54) is 31.0 Å². The normalized spacial score (nSPS) is 11.6. The molecule has 30 heavy (non-hydrogen) atoms. The Morgan fingerprint density at radius 3 is 2.67 bits per heavy atom. The highest BCUT2D eigenvalue weighted by Crippen LogP contribution is 2.36. The summed E-state index contributed by atoms with van der Waals surface area (Å²) in [5.74, 6) is -0.736. The van der Waals surface area contributed by atoms with Crippen molar-refractivity contribution in [2.45, 2.75) is 12.7 Å². The van der Waals surface area contributed by atoms with E-state index in [1.54, 1.807) is 6.07 Å². The van der Waals surface area contributed by atoms with Crippen molar-refractivity contribution in [3.8, 4) is 11.1 Å². The lowest BCUT2D eigenvalue weighted by Gasteiger charge is -2.14. The van der Waals surface area contributed by atoms with Gasteiger partial charge < -0.3 is 10.3 Å². The number of nitrogens with one attached hydrogen (secondary N) is 3. The second-order valence-electron chi connectivity index (χ2n) is 6.36. The minimum Gasteiger partial charge on any atom is -0.350 e. The summed E-state index contributed by atoms with van der Waals surface area (Å²) >= 11 is 0. The fourth-order valence-electron chi connectivity index (χ4n) is 2.96. The van der Waals surface area contributed by atoms with Crippen molar-refractivity contribution in [1.82, 2.24) is 30.5 Å². The van der Waals surface area contributed by atoms with Crippen LogP contribution in [0.5, 0.6) is 0 Å². The van der Waals surface area contributed by atoms with Crippen molar-refractivity contribution < 1.29 is 18.0 Å². The minimum atomic E-state index is -4.75. The molecule has 1 aromatic carbocycles. The number of hydrogen-bond donors (Lipinski definition) is 3. The fraction of sp³-hybridized carbons (Fsp3) is 0.105. The lowest BCUT2D eigenvalue weighted by Crippen LogP contribution is -2.26. The molecule has 0 spiro atoms. The fourth-order valence-corrected chi connectivity index (χ4v) is 2.96. The topological polar surface area (TPSA) is 116 Å². The molecule has 0 aliphatic carbocycles. The van der Waals surface area contributed by atoms with Gasteiger partial charge in [-0.25, -0.2) is 9.97 Å². The number of fused-ring (bicyclic) bond motifs is 1. The van der Waals surface area contributed by atoms with Gasteiger partial charge in [-0.15, -0.1) is 0 Å². The number of nitrogens with zero attached hydrogens (tertiary/aromatic N) is 3. The smallest absolute Gasteiger partial charge is 0.350 e. The molecule has 4 aromatic rings. The molecule has 3 heterocycles. The van der Waals surface area contributed by atoms with Gasteiger partial charge in [0.05, 0.1) is 29.5 Å². The zero-order chi connectivity index (χ0) is 21.3. The first-order valence-electron chi connectivity index (χ1n) is 8.63. The Balaban J connectivity index is 1.78. The second kappa shape index (κ2) is 7.43. The average molecular weight is 414 g/mol. The molecule has 0 aliphatic rings. The SMILES string of the molecule is O=C(NCc1ccncn1)c1cc(=O)c2cc(-c3cn[nH]c3)cc(C(F)(F)F)c2[nH]1. The van der Waals surface area contributed by atoms with Crippen molar-refractivity contribution in [2.24, 2.45) is 0 Å². The van der Waals surface area contributed by atoms with Crippen LogP contribution in [0.1, 0.15) is 21.7 Å². The standard InChI is InChI=1S/C19H13F3N6O2/c20-19(21,22)14-4-10(11-6-26-27-7-11)3-13-16(29)5-15(28-17(13)14)18(30)24-8-12-1-2-23-9-25-12/h1-7,9H,8H2,(H,24,30)(H,26,27)(H,28,29). The maximum atomic E-state index is 13.7. The quantitative estimate of drug-likeness (QED) is 0.475. The predicted molar refractivity (Wildman–Crippen MR) is 100 cm³/mol. The summed E-state index contributed by atoms with van der Waals surface area (Å²) in [6.45, 7) is 0.0208. The zero-order valence-electron chi connectivity index (χ0n) is 15.1. The van der Waals surface area contributed by atoms with Crippen LogP contribution in [0.3, 0.4) is 0 Å². The van der Waals surface area contributed by atoms with Gasteiger partial charge in [-0.2, -0.15) is 18.3 Å². The number of halogens is 3. The van der Waals surface area contributed by atoms with E-state index in [9.17, 15) is 22.8 Å². The Labute approximate surface area is 166 Å². The number of carbonyl (C=O) groups is 1. The summed E-state index contributed by atoms with van der Waals surface area (Å²) in [5.41, 5.74) is -1.45. The second-order valence-corrected chi connectivity index (χ2v) is 6.36. The van der Waals surface area contributed by atoms with Gasteiger partial charge in [0.1, 0.15) is 12.0 Å². The van der Waals surface area contributed by atoms with Crippen LogP contribution < -0.4 is 10.7 Å². The van der Waals surface area contributed by atoms with Crippen LogP contribution in [0.2, 0.25) is 0 Å². The number of benzene rings is 1. The van der Waals surface area contributed by atoms with Gasteiger partial charge in [-0.3, -0.25) is 14.7 Å².